The van der Waals surface area contributed by atoms with Crippen LogP contribution >= 0.6 is 0 Å². The first-order chi connectivity index (χ1) is 8.57. The lowest BCUT2D eigenvalue weighted by atomic mass is 10.0. The minimum absolute atomic E-state index is 0.252. The normalized spacial score (nSPS) is 21.7. The van der Waals surface area contributed by atoms with Crippen molar-refractivity contribution in [1.29, 1.82) is 0 Å². The Morgan fingerprint density at radius 1 is 1.50 bits per heavy atom. The van der Waals surface area contributed by atoms with Crippen molar-refractivity contribution < 1.29 is 19.4 Å². The summed E-state index contributed by atoms with van der Waals surface area (Å²) in [6.07, 6.45) is 3.44. The number of nitrogens with two attached hydrogens (primary N) is 1. The molecular weight excluding hydrogens is 236 g/mol. The largest absolute Gasteiger partial charge is 0.480 e. The van der Waals surface area contributed by atoms with Crippen LogP contribution in [0.15, 0.2) is 0 Å². The second kappa shape index (κ2) is 7.33. The van der Waals surface area contributed by atoms with Gasteiger partial charge in [0.1, 0.15) is 6.04 Å². The van der Waals surface area contributed by atoms with Gasteiger partial charge in [0.2, 0.25) is 5.91 Å². The topological polar surface area (TPSA) is 92.9 Å². The Balaban J connectivity index is 2.54. The fourth-order valence-corrected chi connectivity index (χ4v) is 2.24. The molecule has 1 heterocycles. The van der Waals surface area contributed by atoms with E-state index in [-0.39, 0.29) is 5.91 Å². The average molecular weight is 258 g/mol. The van der Waals surface area contributed by atoms with E-state index in [4.69, 9.17) is 15.6 Å². The number of nitrogens with zero attached hydrogens (tertiary/aromatic N) is 1. The van der Waals surface area contributed by atoms with Crippen LogP contribution in [0, 0.1) is 0 Å². The molecule has 2 atom stereocenters. The number of carboxylic acids is 1. The zero-order chi connectivity index (χ0) is 13.5. The lowest BCUT2D eigenvalue weighted by molar-refractivity contribution is -0.152. The van der Waals surface area contributed by atoms with Crippen LogP contribution in [-0.2, 0) is 14.3 Å². The summed E-state index contributed by atoms with van der Waals surface area (Å²) in [6.45, 7) is 1.05. The van der Waals surface area contributed by atoms with E-state index >= 15 is 0 Å². The van der Waals surface area contributed by atoms with Gasteiger partial charge in [0.25, 0.3) is 0 Å². The summed E-state index contributed by atoms with van der Waals surface area (Å²) in [7, 11) is 1.60. The van der Waals surface area contributed by atoms with Gasteiger partial charge in [-0.3, -0.25) is 4.79 Å². The number of hydrogen-bond acceptors (Lipinski definition) is 4. The zero-order valence-corrected chi connectivity index (χ0v) is 10.8. The van der Waals surface area contributed by atoms with Gasteiger partial charge >= 0.3 is 5.97 Å². The number of rotatable bonds is 6. The van der Waals surface area contributed by atoms with E-state index in [0.29, 0.717) is 32.4 Å². The van der Waals surface area contributed by atoms with Crippen molar-refractivity contribution in [1.82, 2.24) is 4.90 Å². The third kappa shape index (κ3) is 3.96. The van der Waals surface area contributed by atoms with Crippen LogP contribution in [0.2, 0.25) is 0 Å². The molecule has 1 aliphatic rings. The van der Waals surface area contributed by atoms with Crippen LogP contribution in [0.3, 0.4) is 0 Å². The Morgan fingerprint density at radius 3 is 2.83 bits per heavy atom. The number of piperidine rings is 1. The Kier molecular flexibility index (Phi) is 6.07. The van der Waals surface area contributed by atoms with Gasteiger partial charge in [0.05, 0.1) is 6.04 Å². The molecule has 6 heteroatoms. The molecule has 0 aromatic rings. The molecule has 18 heavy (non-hydrogen) atoms. The summed E-state index contributed by atoms with van der Waals surface area (Å²) >= 11 is 0. The Bertz CT molecular complexity index is 296. The summed E-state index contributed by atoms with van der Waals surface area (Å²) in [5.41, 5.74) is 5.81. The first-order valence-corrected chi connectivity index (χ1v) is 6.35. The summed E-state index contributed by atoms with van der Waals surface area (Å²) in [5.74, 6) is -1.19. The molecule has 1 aliphatic heterocycles. The number of methoxy groups -OCH3 is 1. The second-order valence-corrected chi connectivity index (χ2v) is 4.62. The van der Waals surface area contributed by atoms with Crippen molar-refractivity contribution >= 4 is 11.9 Å². The molecule has 1 unspecified atom stereocenters. The predicted octanol–water partition coefficient (Wildman–Crippen LogP) is 0.206. The standard InChI is InChI=1S/C12H22N2O4/c1-18-8-4-5-9(13)11(15)14-7-3-2-6-10(14)12(16)17/h9-10H,2-8,13H2,1H3,(H,16,17)/t9?,10-/m0/s1. The molecule has 1 fully saturated rings. The van der Waals surface area contributed by atoms with Gasteiger partial charge in [-0.25, -0.2) is 4.79 Å². The van der Waals surface area contributed by atoms with Gasteiger partial charge in [-0.2, -0.15) is 0 Å². The molecule has 104 valence electrons. The van der Waals surface area contributed by atoms with E-state index in [1.807, 2.05) is 0 Å². The van der Waals surface area contributed by atoms with Crippen molar-refractivity contribution in [2.45, 2.75) is 44.2 Å². The molecule has 0 spiro atoms. The average Bonchev–Trinajstić information content (AvgIpc) is 2.38. The third-order valence-corrected chi connectivity index (χ3v) is 3.25. The van der Waals surface area contributed by atoms with E-state index in [9.17, 15) is 9.59 Å². The molecule has 0 bridgehead atoms. The van der Waals surface area contributed by atoms with E-state index in [1.54, 1.807) is 7.11 Å². The number of likely N-dealkylation sites (tertiary alicyclic amines) is 1. The maximum Gasteiger partial charge on any atom is 0.326 e. The first kappa shape index (κ1) is 14.9. The number of carbonyl (C=O) groups excluding carboxylic acids is 1. The molecule has 1 saturated heterocycles. The molecular formula is C12H22N2O4. The maximum absolute atomic E-state index is 12.1. The Labute approximate surface area is 107 Å². The quantitative estimate of drug-likeness (QED) is 0.664. The number of aliphatic carboxylic acids is 1. The monoisotopic (exact) mass is 258 g/mol. The van der Waals surface area contributed by atoms with Gasteiger partial charge in [-0.1, -0.05) is 0 Å². The van der Waals surface area contributed by atoms with E-state index in [0.717, 1.165) is 12.8 Å². The van der Waals surface area contributed by atoms with Gasteiger partial charge in [-0.05, 0) is 32.1 Å². The number of ether oxygens (including phenoxy) is 1. The minimum atomic E-state index is -0.938. The fraction of sp³-hybridized carbons (Fsp3) is 0.833. The van der Waals surface area contributed by atoms with Crippen molar-refractivity contribution in [3.63, 3.8) is 0 Å². The smallest absolute Gasteiger partial charge is 0.326 e. The highest BCUT2D eigenvalue weighted by molar-refractivity contribution is 5.87. The molecule has 1 rings (SSSR count). The molecule has 1 amide bonds. The van der Waals surface area contributed by atoms with Crippen molar-refractivity contribution in [2.75, 3.05) is 20.3 Å². The van der Waals surface area contributed by atoms with E-state index < -0.39 is 18.1 Å². The highest BCUT2D eigenvalue weighted by Gasteiger charge is 2.33. The summed E-state index contributed by atoms with van der Waals surface area (Å²) in [4.78, 5) is 24.6. The summed E-state index contributed by atoms with van der Waals surface area (Å²) < 4.78 is 4.90. The number of carbonyl (C=O) groups is 2. The highest BCUT2D eigenvalue weighted by atomic mass is 16.5. The van der Waals surface area contributed by atoms with Crippen LogP contribution in [0.4, 0.5) is 0 Å². The van der Waals surface area contributed by atoms with Crippen LogP contribution in [-0.4, -0.2) is 54.2 Å². The molecule has 6 nitrogen and oxygen atoms in total. The highest BCUT2D eigenvalue weighted by Crippen LogP contribution is 2.18. The van der Waals surface area contributed by atoms with Gasteiger partial charge in [0.15, 0.2) is 0 Å². The van der Waals surface area contributed by atoms with Gasteiger partial charge in [-0.15, -0.1) is 0 Å². The predicted molar refractivity (Wildman–Crippen MR) is 66.1 cm³/mol. The van der Waals surface area contributed by atoms with Gasteiger partial charge in [0, 0.05) is 20.3 Å². The number of carboxylic acid groups (broad SMARTS) is 1. The van der Waals surface area contributed by atoms with Crippen molar-refractivity contribution in [3.05, 3.63) is 0 Å². The van der Waals surface area contributed by atoms with Crippen LogP contribution in [0.25, 0.3) is 0 Å². The van der Waals surface area contributed by atoms with Crippen molar-refractivity contribution in [3.8, 4) is 0 Å². The van der Waals surface area contributed by atoms with Gasteiger partial charge < -0.3 is 20.5 Å². The second-order valence-electron chi connectivity index (χ2n) is 4.62. The lowest BCUT2D eigenvalue weighted by Crippen LogP contribution is -2.53. The number of hydrogen-bond donors (Lipinski definition) is 2. The minimum Gasteiger partial charge on any atom is -0.480 e. The SMILES string of the molecule is COCCCC(N)C(=O)N1CCCC[C@H]1C(=O)O. The zero-order valence-electron chi connectivity index (χ0n) is 10.8. The van der Waals surface area contributed by atoms with E-state index in [2.05, 4.69) is 0 Å². The van der Waals surface area contributed by atoms with Crippen LogP contribution in [0.1, 0.15) is 32.1 Å². The molecule has 0 aromatic carbocycles. The molecule has 3 N–H and O–H groups in total. The van der Waals surface area contributed by atoms with Crippen molar-refractivity contribution in [2.24, 2.45) is 5.73 Å². The molecule has 0 aliphatic carbocycles. The summed E-state index contributed by atoms with van der Waals surface area (Å²) in [6, 6.07) is -1.33. The molecule has 0 aromatic heterocycles. The Morgan fingerprint density at radius 2 is 2.22 bits per heavy atom. The fourth-order valence-electron chi connectivity index (χ4n) is 2.24. The Hall–Kier alpha value is -1.14. The van der Waals surface area contributed by atoms with Crippen LogP contribution in [0.5, 0.6) is 0 Å². The lowest BCUT2D eigenvalue weighted by Gasteiger charge is -2.34. The third-order valence-electron chi connectivity index (χ3n) is 3.25. The van der Waals surface area contributed by atoms with Crippen LogP contribution < -0.4 is 5.73 Å². The first-order valence-electron chi connectivity index (χ1n) is 6.35. The summed E-state index contributed by atoms with van der Waals surface area (Å²) in [5, 5.41) is 9.10. The molecule has 0 radical (unpaired) electrons. The number of amides is 1. The molecule has 0 saturated carbocycles. The maximum atomic E-state index is 12.1. The van der Waals surface area contributed by atoms with E-state index in [1.165, 1.54) is 4.90 Å².